The topological polar surface area (TPSA) is 63.8 Å². The second-order valence-electron chi connectivity index (χ2n) is 5.10. The number of fused-ring (bicyclic) bond motifs is 1. The van der Waals surface area contributed by atoms with Gasteiger partial charge in [-0.2, -0.15) is 4.98 Å². The molecule has 0 saturated carbocycles. The smallest absolute Gasteiger partial charge is 0.257 e. The Balaban J connectivity index is 1.59. The number of hydrogen-bond donors (Lipinski definition) is 1. The number of nitrogens with one attached hydrogen (secondary N) is 1. The quantitative estimate of drug-likeness (QED) is 0.798. The van der Waals surface area contributed by atoms with Crippen molar-refractivity contribution in [1.82, 2.24) is 15.1 Å². The van der Waals surface area contributed by atoms with Crippen LogP contribution in [0.2, 0.25) is 0 Å². The van der Waals surface area contributed by atoms with E-state index in [0.29, 0.717) is 18.1 Å². The summed E-state index contributed by atoms with van der Waals surface area (Å²) in [6.07, 6.45) is 5.23. The first-order valence-electron chi connectivity index (χ1n) is 6.97. The van der Waals surface area contributed by atoms with Gasteiger partial charge in [0.15, 0.2) is 5.82 Å². The van der Waals surface area contributed by atoms with Crippen molar-refractivity contribution in [2.75, 3.05) is 11.9 Å². The Morgan fingerprint density at radius 3 is 2.95 bits per heavy atom. The lowest BCUT2D eigenvalue weighted by Gasteiger charge is -2.00. The minimum Gasteiger partial charge on any atom is -0.384 e. The number of benzene rings is 1. The molecule has 0 atom stereocenters. The standard InChI is InChI=1S/C16H14N4O/c1-2-14-12(5-8-18-14)10-13(1)16-19-15(20-21-16)9-11-3-6-17-7-4-11/h1-4,6-7,10,18H,5,8-9H2. The Morgan fingerprint density at radius 1 is 1.14 bits per heavy atom. The zero-order valence-corrected chi connectivity index (χ0v) is 11.4. The molecule has 0 aliphatic carbocycles. The van der Waals surface area contributed by atoms with Crippen LogP contribution in [0.15, 0.2) is 47.2 Å². The van der Waals surface area contributed by atoms with Gasteiger partial charge >= 0.3 is 0 Å². The molecule has 4 rings (SSSR count). The van der Waals surface area contributed by atoms with Crippen LogP contribution in [0.1, 0.15) is 17.0 Å². The molecule has 5 heteroatoms. The predicted octanol–water partition coefficient (Wildman–Crippen LogP) is 2.69. The zero-order valence-electron chi connectivity index (χ0n) is 11.4. The fourth-order valence-electron chi connectivity index (χ4n) is 2.56. The van der Waals surface area contributed by atoms with Crippen molar-refractivity contribution in [3.05, 3.63) is 59.7 Å². The zero-order chi connectivity index (χ0) is 14.1. The first kappa shape index (κ1) is 12.1. The summed E-state index contributed by atoms with van der Waals surface area (Å²) < 4.78 is 5.39. The molecular weight excluding hydrogens is 264 g/mol. The Kier molecular flexibility index (Phi) is 2.88. The molecule has 0 fully saturated rings. The Hall–Kier alpha value is -2.69. The summed E-state index contributed by atoms with van der Waals surface area (Å²) in [5, 5.41) is 7.40. The van der Waals surface area contributed by atoms with Crippen LogP contribution in [-0.2, 0) is 12.8 Å². The van der Waals surface area contributed by atoms with Crippen LogP contribution < -0.4 is 5.32 Å². The number of nitrogens with zero attached hydrogens (tertiary/aromatic N) is 3. The van der Waals surface area contributed by atoms with E-state index in [-0.39, 0.29) is 0 Å². The molecule has 0 bridgehead atoms. The molecule has 1 aliphatic heterocycles. The van der Waals surface area contributed by atoms with Gasteiger partial charge in [-0.25, -0.2) is 0 Å². The molecule has 3 aromatic rings. The summed E-state index contributed by atoms with van der Waals surface area (Å²) in [6, 6.07) is 10.1. The van der Waals surface area contributed by atoms with Crippen LogP contribution in [0, 0.1) is 0 Å². The summed E-state index contributed by atoms with van der Waals surface area (Å²) in [7, 11) is 0. The summed E-state index contributed by atoms with van der Waals surface area (Å²) in [5.74, 6) is 1.27. The van der Waals surface area contributed by atoms with E-state index >= 15 is 0 Å². The van der Waals surface area contributed by atoms with Gasteiger partial charge in [0.1, 0.15) is 0 Å². The highest BCUT2D eigenvalue weighted by Crippen LogP contribution is 2.27. The van der Waals surface area contributed by atoms with Crippen molar-refractivity contribution in [2.24, 2.45) is 0 Å². The molecule has 0 unspecified atom stereocenters. The van der Waals surface area contributed by atoms with E-state index in [1.807, 2.05) is 18.2 Å². The minimum absolute atomic E-state index is 0.578. The number of pyridine rings is 1. The average Bonchev–Trinajstić information content (AvgIpc) is 3.16. The lowest BCUT2D eigenvalue weighted by molar-refractivity contribution is 0.424. The van der Waals surface area contributed by atoms with Crippen molar-refractivity contribution in [3.8, 4) is 11.5 Å². The van der Waals surface area contributed by atoms with Crippen LogP contribution in [-0.4, -0.2) is 21.7 Å². The van der Waals surface area contributed by atoms with Crippen molar-refractivity contribution < 1.29 is 4.52 Å². The van der Waals surface area contributed by atoms with Crippen LogP contribution >= 0.6 is 0 Å². The van der Waals surface area contributed by atoms with E-state index in [9.17, 15) is 0 Å². The van der Waals surface area contributed by atoms with Gasteiger partial charge in [0, 0.05) is 36.6 Å². The third-order valence-electron chi connectivity index (χ3n) is 3.64. The maximum absolute atomic E-state index is 5.39. The average molecular weight is 278 g/mol. The highest BCUT2D eigenvalue weighted by Gasteiger charge is 2.14. The molecule has 1 aliphatic rings. The monoisotopic (exact) mass is 278 g/mol. The number of aromatic nitrogens is 3. The highest BCUT2D eigenvalue weighted by atomic mass is 16.5. The molecular formula is C16H14N4O. The molecule has 2 aromatic heterocycles. The fourth-order valence-corrected chi connectivity index (χ4v) is 2.56. The van der Waals surface area contributed by atoms with E-state index in [1.165, 1.54) is 11.3 Å². The molecule has 0 spiro atoms. The second-order valence-corrected chi connectivity index (χ2v) is 5.10. The molecule has 0 radical (unpaired) electrons. The fraction of sp³-hybridized carbons (Fsp3) is 0.188. The largest absolute Gasteiger partial charge is 0.384 e. The molecule has 104 valence electrons. The van der Waals surface area contributed by atoms with E-state index in [4.69, 9.17) is 4.52 Å². The van der Waals surface area contributed by atoms with E-state index < -0.39 is 0 Å². The van der Waals surface area contributed by atoms with Crippen molar-refractivity contribution in [3.63, 3.8) is 0 Å². The van der Waals surface area contributed by atoms with Crippen LogP contribution in [0.5, 0.6) is 0 Å². The normalized spacial score (nSPS) is 13.0. The molecule has 0 saturated heterocycles. The van der Waals surface area contributed by atoms with Gasteiger partial charge in [0.25, 0.3) is 5.89 Å². The Morgan fingerprint density at radius 2 is 2.05 bits per heavy atom. The predicted molar refractivity (Wildman–Crippen MR) is 79.0 cm³/mol. The SMILES string of the molecule is c1cc(Cc2noc(-c3ccc4c(c3)CCN4)n2)ccn1. The molecule has 0 amide bonds. The van der Waals surface area contributed by atoms with Gasteiger partial charge in [0.05, 0.1) is 0 Å². The lowest BCUT2D eigenvalue weighted by atomic mass is 10.1. The van der Waals surface area contributed by atoms with Gasteiger partial charge in [-0.1, -0.05) is 5.16 Å². The maximum Gasteiger partial charge on any atom is 0.257 e. The molecule has 3 heterocycles. The number of anilines is 1. The van der Waals surface area contributed by atoms with Gasteiger partial charge < -0.3 is 9.84 Å². The van der Waals surface area contributed by atoms with Crippen LogP contribution in [0.4, 0.5) is 5.69 Å². The van der Waals surface area contributed by atoms with E-state index in [1.54, 1.807) is 12.4 Å². The highest BCUT2D eigenvalue weighted by molar-refractivity contribution is 5.64. The van der Waals surface area contributed by atoms with Crippen molar-refractivity contribution in [1.29, 1.82) is 0 Å². The summed E-state index contributed by atoms with van der Waals surface area (Å²) in [5.41, 5.74) is 4.61. The van der Waals surface area contributed by atoms with Crippen LogP contribution in [0.3, 0.4) is 0 Å². The van der Waals surface area contributed by atoms with Gasteiger partial charge in [-0.15, -0.1) is 0 Å². The molecule has 1 aromatic carbocycles. The summed E-state index contributed by atoms with van der Waals surface area (Å²) >= 11 is 0. The minimum atomic E-state index is 0.578. The number of hydrogen-bond acceptors (Lipinski definition) is 5. The van der Waals surface area contributed by atoms with Crippen molar-refractivity contribution >= 4 is 5.69 Å². The molecule has 5 nitrogen and oxygen atoms in total. The van der Waals surface area contributed by atoms with Crippen molar-refractivity contribution in [2.45, 2.75) is 12.8 Å². The Bertz CT molecular complexity index is 767. The third-order valence-corrected chi connectivity index (χ3v) is 3.64. The first-order valence-corrected chi connectivity index (χ1v) is 6.97. The summed E-state index contributed by atoms with van der Waals surface area (Å²) in [4.78, 5) is 8.49. The molecule has 1 N–H and O–H groups in total. The van der Waals surface area contributed by atoms with E-state index in [2.05, 4.69) is 32.6 Å². The summed E-state index contributed by atoms with van der Waals surface area (Å²) in [6.45, 7) is 0.996. The Labute approximate surface area is 122 Å². The second kappa shape index (κ2) is 5.01. The third kappa shape index (κ3) is 2.38. The first-order chi connectivity index (χ1) is 10.4. The van der Waals surface area contributed by atoms with Crippen LogP contribution in [0.25, 0.3) is 11.5 Å². The van der Waals surface area contributed by atoms with Gasteiger partial charge in [-0.3, -0.25) is 4.98 Å². The van der Waals surface area contributed by atoms with E-state index in [0.717, 1.165) is 24.1 Å². The number of rotatable bonds is 3. The van der Waals surface area contributed by atoms with Gasteiger partial charge in [0.2, 0.25) is 0 Å². The molecule has 21 heavy (non-hydrogen) atoms. The maximum atomic E-state index is 5.39. The lowest BCUT2D eigenvalue weighted by Crippen LogP contribution is -1.91. The van der Waals surface area contributed by atoms with Gasteiger partial charge in [-0.05, 0) is 47.9 Å².